The van der Waals surface area contributed by atoms with Crippen LogP contribution in [0, 0.1) is 5.92 Å². The first-order valence-corrected chi connectivity index (χ1v) is 4.89. The number of tetrazole rings is 1. The molecule has 1 fully saturated rings. The summed E-state index contributed by atoms with van der Waals surface area (Å²) in [5, 5.41) is 17.0. The van der Waals surface area contributed by atoms with E-state index in [1.807, 2.05) is 0 Å². The minimum Gasteiger partial charge on any atom is -0.381 e. The standard InChI is InChI=1S/C8H15N5O/c1-6(7-2-3-14-5-7)9-4-8-10-12-13-11-8/h6-7,9H,2-5H2,1H3,(H,10,11,12,13). The predicted molar refractivity (Wildman–Crippen MR) is 49.4 cm³/mol. The Kier molecular flexibility index (Phi) is 3.05. The summed E-state index contributed by atoms with van der Waals surface area (Å²) in [6.07, 6.45) is 1.14. The number of hydrogen-bond acceptors (Lipinski definition) is 5. The van der Waals surface area contributed by atoms with Gasteiger partial charge in [0.2, 0.25) is 0 Å². The SMILES string of the molecule is CC(NCc1nn[nH]n1)C1CCOC1. The van der Waals surface area contributed by atoms with Crippen molar-refractivity contribution in [2.75, 3.05) is 13.2 Å². The molecule has 0 aromatic carbocycles. The van der Waals surface area contributed by atoms with Gasteiger partial charge in [0.1, 0.15) is 0 Å². The van der Waals surface area contributed by atoms with Gasteiger partial charge in [-0.1, -0.05) is 5.21 Å². The number of rotatable bonds is 4. The van der Waals surface area contributed by atoms with Crippen LogP contribution in [0.15, 0.2) is 0 Å². The summed E-state index contributed by atoms with van der Waals surface area (Å²) >= 11 is 0. The second kappa shape index (κ2) is 4.47. The van der Waals surface area contributed by atoms with Gasteiger partial charge in [0.05, 0.1) is 13.2 Å². The fourth-order valence-corrected chi connectivity index (χ4v) is 1.62. The van der Waals surface area contributed by atoms with Crippen LogP contribution in [0.25, 0.3) is 0 Å². The number of nitrogens with zero attached hydrogens (tertiary/aromatic N) is 3. The molecule has 2 heterocycles. The average Bonchev–Trinajstić information content (AvgIpc) is 2.87. The van der Waals surface area contributed by atoms with E-state index in [1.54, 1.807) is 0 Å². The number of H-pyrrole nitrogens is 1. The lowest BCUT2D eigenvalue weighted by atomic mass is 10.0. The fraction of sp³-hybridized carbons (Fsp3) is 0.875. The van der Waals surface area contributed by atoms with E-state index in [-0.39, 0.29) is 0 Å². The third-order valence-electron chi connectivity index (χ3n) is 2.64. The second-order valence-corrected chi connectivity index (χ2v) is 3.62. The minimum atomic E-state index is 0.441. The zero-order chi connectivity index (χ0) is 9.80. The molecular weight excluding hydrogens is 182 g/mol. The quantitative estimate of drug-likeness (QED) is 0.694. The molecule has 0 bridgehead atoms. The summed E-state index contributed by atoms with van der Waals surface area (Å²) in [5.74, 6) is 1.32. The molecule has 1 aliphatic heterocycles. The van der Waals surface area contributed by atoms with Crippen molar-refractivity contribution < 1.29 is 4.74 Å². The highest BCUT2D eigenvalue weighted by molar-refractivity contribution is 4.80. The van der Waals surface area contributed by atoms with Crippen LogP contribution >= 0.6 is 0 Å². The van der Waals surface area contributed by atoms with Crippen molar-refractivity contribution in [1.29, 1.82) is 0 Å². The first-order valence-electron chi connectivity index (χ1n) is 4.89. The van der Waals surface area contributed by atoms with Crippen LogP contribution in [-0.4, -0.2) is 39.9 Å². The van der Waals surface area contributed by atoms with Crippen LogP contribution in [0.4, 0.5) is 0 Å². The van der Waals surface area contributed by atoms with E-state index in [1.165, 1.54) is 0 Å². The van der Waals surface area contributed by atoms with Gasteiger partial charge in [0.15, 0.2) is 5.82 Å². The Hall–Kier alpha value is -1.01. The molecule has 2 N–H and O–H groups in total. The molecule has 0 radical (unpaired) electrons. The topological polar surface area (TPSA) is 75.7 Å². The Bertz CT molecular complexity index is 257. The van der Waals surface area contributed by atoms with Crippen molar-refractivity contribution in [1.82, 2.24) is 25.9 Å². The third-order valence-corrected chi connectivity index (χ3v) is 2.64. The zero-order valence-electron chi connectivity index (χ0n) is 8.23. The maximum atomic E-state index is 5.33. The minimum absolute atomic E-state index is 0.441. The van der Waals surface area contributed by atoms with Crippen molar-refractivity contribution in [3.8, 4) is 0 Å². The van der Waals surface area contributed by atoms with Gasteiger partial charge in [-0.05, 0) is 19.3 Å². The summed E-state index contributed by atoms with van der Waals surface area (Å²) in [4.78, 5) is 0. The molecule has 6 nitrogen and oxygen atoms in total. The van der Waals surface area contributed by atoms with Gasteiger partial charge < -0.3 is 10.1 Å². The van der Waals surface area contributed by atoms with E-state index < -0.39 is 0 Å². The molecule has 0 spiro atoms. The molecule has 0 amide bonds. The van der Waals surface area contributed by atoms with Crippen molar-refractivity contribution >= 4 is 0 Å². The van der Waals surface area contributed by atoms with E-state index in [4.69, 9.17) is 4.74 Å². The maximum absolute atomic E-state index is 5.33. The van der Waals surface area contributed by atoms with E-state index in [0.29, 0.717) is 24.3 Å². The number of aromatic nitrogens is 4. The molecule has 1 aromatic heterocycles. The van der Waals surface area contributed by atoms with E-state index in [9.17, 15) is 0 Å². The Morgan fingerprint density at radius 3 is 3.29 bits per heavy atom. The number of aromatic amines is 1. The van der Waals surface area contributed by atoms with E-state index in [2.05, 4.69) is 32.9 Å². The molecule has 1 aromatic rings. The van der Waals surface area contributed by atoms with E-state index >= 15 is 0 Å². The largest absolute Gasteiger partial charge is 0.381 e. The normalized spacial score (nSPS) is 23.9. The van der Waals surface area contributed by atoms with Crippen LogP contribution in [0.1, 0.15) is 19.2 Å². The lowest BCUT2D eigenvalue weighted by Gasteiger charge is -2.17. The molecule has 2 unspecified atom stereocenters. The Labute approximate surface area is 82.4 Å². The smallest absolute Gasteiger partial charge is 0.188 e. The summed E-state index contributed by atoms with van der Waals surface area (Å²) in [6.45, 7) is 4.58. The second-order valence-electron chi connectivity index (χ2n) is 3.62. The Balaban J connectivity index is 1.74. The molecule has 6 heteroatoms. The highest BCUT2D eigenvalue weighted by atomic mass is 16.5. The Morgan fingerprint density at radius 1 is 1.71 bits per heavy atom. The van der Waals surface area contributed by atoms with Gasteiger partial charge in [0.25, 0.3) is 0 Å². The highest BCUT2D eigenvalue weighted by Gasteiger charge is 2.21. The van der Waals surface area contributed by atoms with Crippen LogP contribution < -0.4 is 5.32 Å². The molecule has 2 atom stereocenters. The van der Waals surface area contributed by atoms with Gasteiger partial charge in [-0.25, -0.2) is 0 Å². The van der Waals surface area contributed by atoms with Crippen LogP contribution in [0.2, 0.25) is 0 Å². The van der Waals surface area contributed by atoms with E-state index in [0.717, 1.165) is 19.6 Å². The first-order chi connectivity index (χ1) is 6.86. The molecule has 78 valence electrons. The summed E-state index contributed by atoms with van der Waals surface area (Å²) < 4.78 is 5.33. The predicted octanol–water partition coefficient (Wildman–Crippen LogP) is -0.286. The molecule has 0 saturated carbocycles. The van der Waals surface area contributed by atoms with Gasteiger partial charge in [-0.3, -0.25) is 0 Å². The highest BCUT2D eigenvalue weighted by Crippen LogP contribution is 2.16. The van der Waals surface area contributed by atoms with Gasteiger partial charge in [-0.2, -0.15) is 5.21 Å². The number of hydrogen-bond donors (Lipinski definition) is 2. The van der Waals surface area contributed by atoms with Crippen molar-refractivity contribution in [3.63, 3.8) is 0 Å². The molecular formula is C8H15N5O. The number of nitrogens with one attached hydrogen (secondary N) is 2. The molecule has 14 heavy (non-hydrogen) atoms. The summed E-state index contributed by atoms with van der Waals surface area (Å²) in [6, 6.07) is 0.441. The van der Waals surface area contributed by atoms with Gasteiger partial charge in [-0.15, -0.1) is 10.2 Å². The lowest BCUT2D eigenvalue weighted by Crippen LogP contribution is -2.33. The Morgan fingerprint density at radius 2 is 2.64 bits per heavy atom. The van der Waals surface area contributed by atoms with Crippen molar-refractivity contribution in [2.45, 2.75) is 25.9 Å². The molecule has 2 rings (SSSR count). The van der Waals surface area contributed by atoms with Crippen molar-refractivity contribution in [3.05, 3.63) is 5.82 Å². The fourth-order valence-electron chi connectivity index (χ4n) is 1.62. The zero-order valence-corrected chi connectivity index (χ0v) is 8.23. The van der Waals surface area contributed by atoms with Crippen LogP contribution in [0.3, 0.4) is 0 Å². The van der Waals surface area contributed by atoms with Crippen LogP contribution in [0.5, 0.6) is 0 Å². The average molecular weight is 197 g/mol. The number of ether oxygens (including phenoxy) is 1. The van der Waals surface area contributed by atoms with Gasteiger partial charge in [0, 0.05) is 12.6 Å². The lowest BCUT2D eigenvalue weighted by molar-refractivity contribution is 0.178. The molecule has 1 saturated heterocycles. The summed E-state index contributed by atoms with van der Waals surface area (Å²) in [7, 11) is 0. The molecule has 1 aliphatic rings. The monoisotopic (exact) mass is 197 g/mol. The third kappa shape index (κ3) is 2.27. The first kappa shape index (κ1) is 9.54. The molecule has 0 aliphatic carbocycles. The van der Waals surface area contributed by atoms with Crippen LogP contribution in [-0.2, 0) is 11.3 Å². The maximum Gasteiger partial charge on any atom is 0.188 e. The summed E-state index contributed by atoms with van der Waals surface area (Å²) in [5.41, 5.74) is 0. The van der Waals surface area contributed by atoms with Gasteiger partial charge >= 0.3 is 0 Å². The van der Waals surface area contributed by atoms with Crippen molar-refractivity contribution in [2.24, 2.45) is 5.92 Å².